The number of ether oxygens (including phenoxy) is 1. The molecule has 132 valence electrons. The van der Waals surface area contributed by atoms with E-state index in [1.54, 1.807) is 6.07 Å². The maximum atomic E-state index is 12.7. The first-order valence-electron chi connectivity index (χ1n) is 8.52. The van der Waals surface area contributed by atoms with Crippen LogP contribution in [0.1, 0.15) is 40.5 Å². The molecule has 0 aliphatic carbocycles. The van der Waals surface area contributed by atoms with Gasteiger partial charge >= 0.3 is 0 Å². The maximum Gasteiger partial charge on any atom is 0.253 e. The van der Waals surface area contributed by atoms with E-state index in [-0.39, 0.29) is 17.9 Å². The zero-order valence-electron chi connectivity index (χ0n) is 14.2. The Balaban J connectivity index is 1.54. The molecule has 1 saturated heterocycles. The van der Waals surface area contributed by atoms with E-state index in [2.05, 4.69) is 5.32 Å². The third kappa shape index (κ3) is 4.39. The zero-order valence-corrected chi connectivity index (χ0v) is 15.1. The summed E-state index contributed by atoms with van der Waals surface area (Å²) in [6.45, 7) is 3.79. The molecule has 1 aromatic carbocycles. The highest BCUT2D eigenvalue weighted by Gasteiger charge is 2.25. The van der Waals surface area contributed by atoms with Crippen LogP contribution in [0.25, 0.3) is 0 Å². The molecule has 0 bridgehead atoms. The van der Waals surface area contributed by atoms with Crippen molar-refractivity contribution in [1.82, 2.24) is 10.2 Å². The number of hydrogen-bond donors (Lipinski definition) is 1. The van der Waals surface area contributed by atoms with Gasteiger partial charge in [-0.1, -0.05) is 6.07 Å². The highest BCUT2D eigenvalue weighted by atomic mass is 32.1. The number of nitrogens with one attached hydrogen (secondary N) is 1. The number of likely N-dealkylation sites (tertiary alicyclic amines) is 1. The van der Waals surface area contributed by atoms with Gasteiger partial charge in [0.1, 0.15) is 5.75 Å². The molecule has 2 heterocycles. The lowest BCUT2D eigenvalue weighted by Crippen LogP contribution is -2.46. The Morgan fingerprint density at radius 1 is 1.24 bits per heavy atom. The van der Waals surface area contributed by atoms with E-state index in [4.69, 9.17) is 4.74 Å². The third-order valence-electron chi connectivity index (χ3n) is 4.29. The zero-order chi connectivity index (χ0) is 17.6. The second-order valence-electron chi connectivity index (χ2n) is 6.01. The van der Waals surface area contributed by atoms with E-state index >= 15 is 0 Å². The van der Waals surface area contributed by atoms with Gasteiger partial charge in [-0.3, -0.25) is 9.59 Å². The highest BCUT2D eigenvalue weighted by Crippen LogP contribution is 2.18. The van der Waals surface area contributed by atoms with Gasteiger partial charge < -0.3 is 15.0 Å². The number of rotatable bonds is 5. The Morgan fingerprint density at radius 3 is 2.72 bits per heavy atom. The molecular weight excluding hydrogens is 336 g/mol. The van der Waals surface area contributed by atoms with Gasteiger partial charge in [-0.2, -0.15) is 11.3 Å². The second-order valence-corrected chi connectivity index (χ2v) is 6.79. The van der Waals surface area contributed by atoms with Crippen molar-refractivity contribution in [3.8, 4) is 5.75 Å². The van der Waals surface area contributed by atoms with Crippen LogP contribution in [0.3, 0.4) is 0 Å². The van der Waals surface area contributed by atoms with Crippen molar-refractivity contribution in [2.75, 3.05) is 19.7 Å². The number of carbonyl (C=O) groups excluding carboxylic acids is 2. The molecule has 2 amide bonds. The van der Waals surface area contributed by atoms with E-state index in [1.165, 1.54) is 11.3 Å². The lowest BCUT2D eigenvalue weighted by molar-refractivity contribution is 0.0697. The topological polar surface area (TPSA) is 58.6 Å². The minimum atomic E-state index is -0.0320. The highest BCUT2D eigenvalue weighted by molar-refractivity contribution is 7.08. The Morgan fingerprint density at radius 2 is 2.04 bits per heavy atom. The second kappa shape index (κ2) is 8.16. The number of benzene rings is 1. The fourth-order valence-electron chi connectivity index (χ4n) is 2.96. The standard InChI is InChI=1S/C19H22N2O3S/c1-2-24-17-5-3-4-14(12-17)19(23)21-9-6-16(7-10-21)20-18(22)15-8-11-25-13-15/h3-5,8,11-13,16H,2,6-7,9-10H2,1H3,(H,20,22). The summed E-state index contributed by atoms with van der Waals surface area (Å²) in [5.41, 5.74) is 1.35. The molecule has 0 saturated carbocycles. The summed E-state index contributed by atoms with van der Waals surface area (Å²) in [5, 5.41) is 6.80. The molecule has 6 heteroatoms. The van der Waals surface area contributed by atoms with Gasteiger partial charge in [-0.15, -0.1) is 0 Å². The maximum absolute atomic E-state index is 12.7. The fourth-order valence-corrected chi connectivity index (χ4v) is 3.59. The van der Waals surface area contributed by atoms with Gasteiger partial charge in [0, 0.05) is 35.6 Å². The Labute approximate surface area is 151 Å². The Kier molecular flexibility index (Phi) is 5.71. The number of carbonyl (C=O) groups is 2. The SMILES string of the molecule is CCOc1cccc(C(=O)N2CCC(NC(=O)c3ccsc3)CC2)c1. The minimum Gasteiger partial charge on any atom is -0.494 e. The van der Waals surface area contributed by atoms with E-state index < -0.39 is 0 Å². The van der Waals surface area contributed by atoms with Crippen LogP contribution in [-0.2, 0) is 0 Å². The molecule has 3 rings (SSSR count). The van der Waals surface area contributed by atoms with E-state index in [0.717, 1.165) is 12.8 Å². The molecule has 0 radical (unpaired) electrons. The smallest absolute Gasteiger partial charge is 0.253 e. The first-order valence-corrected chi connectivity index (χ1v) is 9.47. The van der Waals surface area contributed by atoms with Crippen LogP contribution in [0.4, 0.5) is 0 Å². The van der Waals surface area contributed by atoms with Crippen molar-refractivity contribution in [3.63, 3.8) is 0 Å². The van der Waals surface area contributed by atoms with Crippen LogP contribution >= 0.6 is 11.3 Å². The minimum absolute atomic E-state index is 0.0177. The summed E-state index contributed by atoms with van der Waals surface area (Å²) in [4.78, 5) is 26.6. The fraction of sp³-hybridized carbons (Fsp3) is 0.368. The van der Waals surface area contributed by atoms with Crippen molar-refractivity contribution >= 4 is 23.2 Å². The molecule has 1 fully saturated rings. The molecule has 25 heavy (non-hydrogen) atoms. The Hall–Kier alpha value is -2.34. The average molecular weight is 358 g/mol. The van der Waals surface area contributed by atoms with Crippen molar-refractivity contribution in [2.24, 2.45) is 0 Å². The summed E-state index contributed by atoms with van der Waals surface area (Å²) in [7, 11) is 0. The van der Waals surface area contributed by atoms with Crippen molar-refractivity contribution < 1.29 is 14.3 Å². The molecule has 0 unspecified atom stereocenters. The van der Waals surface area contributed by atoms with Crippen molar-refractivity contribution in [1.29, 1.82) is 0 Å². The van der Waals surface area contributed by atoms with Gasteiger partial charge in [-0.25, -0.2) is 0 Å². The molecule has 5 nitrogen and oxygen atoms in total. The van der Waals surface area contributed by atoms with Gasteiger partial charge in [-0.05, 0) is 49.4 Å². The number of nitrogens with zero attached hydrogens (tertiary/aromatic N) is 1. The number of hydrogen-bond acceptors (Lipinski definition) is 4. The third-order valence-corrected chi connectivity index (χ3v) is 4.98. The normalized spacial score (nSPS) is 15.0. The monoisotopic (exact) mass is 358 g/mol. The molecule has 1 N–H and O–H groups in total. The van der Waals surface area contributed by atoms with E-state index in [1.807, 2.05) is 46.8 Å². The Bertz CT molecular complexity index is 722. The van der Waals surface area contributed by atoms with E-state index in [9.17, 15) is 9.59 Å². The number of piperidine rings is 1. The molecule has 1 aliphatic rings. The summed E-state index contributed by atoms with van der Waals surface area (Å²) < 4.78 is 5.46. The molecular formula is C19H22N2O3S. The largest absolute Gasteiger partial charge is 0.494 e. The average Bonchev–Trinajstić information content (AvgIpc) is 3.17. The van der Waals surface area contributed by atoms with Crippen molar-refractivity contribution in [2.45, 2.75) is 25.8 Å². The van der Waals surface area contributed by atoms with Crippen LogP contribution in [0.2, 0.25) is 0 Å². The number of amides is 2. The van der Waals surface area contributed by atoms with Gasteiger partial charge in [0.25, 0.3) is 11.8 Å². The first kappa shape index (κ1) is 17.5. The summed E-state index contributed by atoms with van der Waals surface area (Å²) in [5.74, 6) is 0.700. The number of thiophene rings is 1. The molecule has 1 aromatic heterocycles. The van der Waals surface area contributed by atoms with E-state index in [0.29, 0.717) is 36.6 Å². The molecule has 2 aromatic rings. The predicted molar refractivity (Wildman–Crippen MR) is 98.3 cm³/mol. The van der Waals surface area contributed by atoms with Gasteiger partial charge in [0.05, 0.1) is 6.61 Å². The van der Waals surface area contributed by atoms with Crippen LogP contribution in [-0.4, -0.2) is 42.5 Å². The predicted octanol–water partition coefficient (Wildman–Crippen LogP) is 3.18. The quantitative estimate of drug-likeness (QED) is 0.893. The van der Waals surface area contributed by atoms with Crippen LogP contribution in [0, 0.1) is 0 Å². The van der Waals surface area contributed by atoms with Gasteiger partial charge in [0.15, 0.2) is 0 Å². The summed E-state index contributed by atoms with van der Waals surface area (Å²) in [6.07, 6.45) is 1.54. The molecule has 0 spiro atoms. The van der Waals surface area contributed by atoms with Crippen molar-refractivity contribution in [3.05, 3.63) is 52.2 Å². The lowest BCUT2D eigenvalue weighted by Gasteiger charge is -2.32. The van der Waals surface area contributed by atoms with Crippen LogP contribution in [0.15, 0.2) is 41.1 Å². The first-order chi connectivity index (χ1) is 12.2. The van der Waals surface area contributed by atoms with Gasteiger partial charge in [0.2, 0.25) is 0 Å². The molecule has 1 aliphatic heterocycles. The molecule has 0 atom stereocenters. The summed E-state index contributed by atoms with van der Waals surface area (Å²) in [6, 6.07) is 9.24. The lowest BCUT2D eigenvalue weighted by atomic mass is 10.0. The summed E-state index contributed by atoms with van der Waals surface area (Å²) >= 11 is 1.51. The van der Waals surface area contributed by atoms with Crippen LogP contribution in [0.5, 0.6) is 5.75 Å². The van der Waals surface area contributed by atoms with Crippen LogP contribution < -0.4 is 10.1 Å².